The van der Waals surface area contributed by atoms with Gasteiger partial charge in [0, 0.05) is 24.4 Å². The minimum Gasteiger partial charge on any atom is -0.335 e. The van der Waals surface area contributed by atoms with E-state index in [0.717, 1.165) is 5.56 Å². The first kappa shape index (κ1) is 14.0. The molecule has 0 N–H and O–H groups in total. The third-order valence-electron chi connectivity index (χ3n) is 3.23. The minimum atomic E-state index is -1.41. The maximum Gasteiger partial charge on any atom is 0.259 e. The molecule has 1 amide bonds. The Morgan fingerprint density at radius 2 is 2.00 bits per heavy atom. The highest BCUT2D eigenvalue weighted by Crippen LogP contribution is 2.42. The van der Waals surface area contributed by atoms with E-state index >= 15 is 0 Å². The number of nitrogens with zero attached hydrogens (tertiary/aromatic N) is 1. The van der Waals surface area contributed by atoms with Gasteiger partial charge in [0.25, 0.3) is 5.91 Å². The number of carbonyl (C=O) groups is 1. The van der Waals surface area contributed by atoms with Crippen molar-refractivity contribution in [2.45, 2.75) is 23.2 Å². The Morgan fingerprint density at radius 1 is 1.39 bits per heavy atom. The summed E-state index contributed by atoms with van der Waals surface area (Å²) in [5, 5.41) is -0.246. The third-order valence-corrected chi connectivity index (χ3v) is 4.41. The quantitative estimate of drug-likeness (QED) is 0.783. The molecule has 0 bridgehead atoms. The van der Waals surface area contributed by atoms with Crippen LogP contribution in [-0.4, -0.2) is 27.1 Å². The van der Waals surface area contributed by atoms with Crippen LogP contribution in [0.25, 0.3) is 0 Å². The molecule has 0 aliphatic carbocycles. The molecular formula is C13H14Cl3NO. The van der Waals surface area contributed by atoms with E-state index in [2.05, 4.69) is 0 Å². The highest BCUT2D eigenvalue weighted by molar-refractivity contribution is 6.59. The van der Waals surface area contributed by atoms with Crippen LogP contribution in [0.2, 0.25) is 0 Å². The van der Waals surface area contributed by atoms with Crippen LogP contribution in [0, 0.1) is 5.92 Å². The van der Waals surface area contributed by atoms with Gasteiger partial charge in [0.2, 0.25) is 4.33 Å². The van der Waals surface area contributed by atoms with Crippen LogP contribution < -0.4 is 0 Å². The molecule has 2 rings (SSSR count). The van der Waals surface area contributed by atoms with Crippen LogP contribution in [0.3, 0.4) is 0 Å². The zero-order valence-corrected chi connectivity index (χ0v) is 12.2. The van der Waals surface area contributed by atoms with Gasteiger partial charge in [-0.05, 0) is 12.5 Å². The Bertz CT molecular complexity index is 433. The van der Waals surface area contributed by atoms with E-state index < -0.39 is 4.33 Å². The molecule has 1 aliphatic heterocycles. The van der Waals surface area contributed by atoms with Crippen molar-refractivity contribution in [3.05, 3.63) is 35.9 Å². The first-order valence-electron chi connectivity index (χ1n) is 5.78. The molecule has 98 valence electrons. The first-order valence-corrected chi connectivity index (χ1v) is 6.97. The van der Waals surface area contributed by atoms with Crippen molar-refractivity contribution in [3.8, 4) is 0 Å². The molecule has 1 aromatic rings. The average Bonchev–Trinajstić information content (AvgIpc) is 2.54. The highest BCUT2D eigenvalue weighted by Gasteiger charge is 2.53. The molecule has 1 saturated heterocycles. The zero-order chi connectivity index (χ0) is 13.3. The molecule has 0 aromatic heterocycles. The lowest BCUT2D eigenvalue weighted by Crippen LogP contribution is -2.34. The summed E-state index contributed by atoms with van der Waals surface area (Å²) in [7, 11) is 0. The Hall–Kier alpha value is -0.440. The van der Waals surface area contributed by atoms with Gasteiger partial charge in [-0.1, -0.05) is 53.5 Å². The summed E-state index contributed by atoms with van der Waals surface area (Å²) in [4.78, 5) is 13.8. The lowest BCUT2D eigenvalue weighted by Gasteiger charge is -2.20. The maximum atomic E-state index is 12.1. The van der Waals surface area contributed by atoms with Crippen molar-refractivity contribution in [2.75, 3.05) is 6.54 Å². The zero-order valence-electron chi connectivity index (χ0n) is 9.95. The molecule has 2 nitrogen and oxygen atoms in total. The predicted octanol–water partition coefficient (Wildman–Crippen LogP) is 3.45. The highest BCUT2D eigenvalue weighted by atomic mass is 35.5. The van der Waals surface area contributed by atoms with Gasteiger partial charge >= 0.3 is 0 Å². The SMILES string of the molecule is CC(Cl)C1CN(Cc2ccccc2)C(=O)C1(Cl)Cl. The van der Waals surface area contributed by atoms with Gasteiger partial charge in [-0.2, -0.15) is 0 Å². The van der Waals surface area contributed by atoms with Crippen molar-refractivity contribution in [1.82, 2.24) is 4.90 Å². The number of rotatable bonds is 3. The van der Waals surface area contributed by atoms with Crippen LogP contribution in [0.1, 0.15) is 12.5 Å². The van der Waals surface area contributed by atoms with Crippen molar-refractivity contribution in [2.24, 2.45) is 5.92 Å². The fourth-order valence-electron chi connectivity index (χ4n) is 2.18. The molecule has 0 saturated carbocycles. The smallest absolute Gasteiger partial charge is 0.259 e. The number of halogens is 3. The third kappa shape index (κ3) is 2.61. The Kier molecular flexibility index (Phi) is 4.10. The molecule has 1 aromatic carbocycles. The predicted molar refractivity (Wildman–Crippen MR) is 75.1 cm³/mol. The van der Waals surface area contributed by atoms with Crippen LogP contribution in [0.4, 0.5) is 0 Å². The molecule has 2 atom stereocenters. The Balaban J connectivity index is 2.15. The molecule has 1 heterocycles. The summed E-state index contributed by atoms with van der Waals surface area (Å²) in [5.74, 6) is -0.508. The second-order valence-corrected chi connectivity index (χ2v) is 6.65. The van der Waals surface area contributed by atoms with Crippen LogP contribution in [0.15, 0.2) is 30.3 Å². The number of hydrogen-bond donors (Lipinski definition) is 0. The van der Waals surface area contributed by atoms with Gasteiger partial charge in [-0.3, -0.25) is 4.79 Å². The molecule has 18 heavy (non-hydrogen) atoms. The first-order chi connectivity index (χ1) is 8.43. The van der Waals surface area contributed by atoms with Crippen LogP contribution in [0.5, 0.6) is 0 Å². The van der Waals surface area contributed by atoms with Gasteiger partial charge in [-0.25, -0.2) is 0 Å². The molecule has 1 aliphatic rings. The number of benzene rings is 1. The normalized spacial score (nSPS) is 24.3. The summed E-state index contributed by atoms with van der Waals surface area (Å²) in [6.07, 6.45) is 0. The van der Waals surface area contributed by atoms with Gasteiger partial charge in [0.05, 0.1) is 0 Å². The van der Waals surface area contributed by atoms with E-state index in [1.807, 2.05) is 37.3 Å². The standard InChI is InChI=1S/C13H14Cl3NO/c1-9(14)11-8-17(12(18)13(11,15)16)7-10-5-3-2-4-6-10/h2-6,9,11H,7-8H2,1H3. The van der Waals surface area contributed by atoms with Crippen molar-refractivity contribution in [3.63, 3.8) is 0 Å². The Labute approximate surface area is 122 Å². The fraction of sp³-hybridized carbons (Fsp3) is 0.462. The summed E-state index contributed by atoms with van der Waals surface area (Å²) in [6.45, 7) is 2.82. The van der Waals surface area contributed by atoms with Gasteiger partial charge < -0.3 is 4.90 Å². The minimum absolute atomic E-state index is 0.246. The van der Waals surface area contributed by atoms with Crippen LogP contribution in [-0.2, 0) is 11.3 Å². The van der Waals surface area contributed by atoms with Crippen molar-refractivity contribution < 1.29 is 4.79 Å². The Morgan fingerprint density at radius 3 is 2.50 bits per heavy atom. The van der Waals surface area contributed by atoms with Crippen LogP contribution >= 0.6 is 34.8 Å². The second kappa shape index (κ2) is 5.28. The van der Waals surface area contributed by atoms with E-state index in [1.165, 1.54) is 0 Å². The van der Waals surface area contributed by atoms with Gasteiger partial charge in [0.15, 0.2) is 0 Å². The topological polar surface area (TPSA) is 20.3 Å². The molecular weight excluding hydrogens is 293 g/mol. The lowest BCUT2D eigenvalue weighted by atomic mass is 10.0. The number of carbonyl (C=O) groups excluding carboxylic acids is 1. The van der Waals surface area contributed by atoms with E-state index in [9.17, 15) is 4.79 Å². The number of alkyl halides is 3. The number of hydrogen-bond acceptors (Lipinski definition) is 1. The second-order valence-electron chi connectivity index (χ2n) is 4.58. The summed E-state index contributed by atoms with van der Waals surface area (Å²) < 4.78 is -1.41. The lowest BCUT2D eigenvalue weighted by molar-refractivity contribution is -0.128. The summed E-state index contributed by atoms with van der Waals surface area (Å²) in [6, 6.07) is 9.74. The van der Waals surface area contributed by atoms with Gasteiger partial charge in [0.1, 0.15) is 0 Å². The number of likely N-dealkylation sites (tertiary alicyclic amines) is 1. The average molecular weight is 307 g/mol. The number of amides is 1. The molecule has 2 unspecified atom stereocenters. The monoisotopic (exact) mass is 305 g/mol. The summed E-state index contributed by atoms with van der Waals surface area (Å²) >= 11 is 18.3. The molecule has 5 heteroatoms. The summed E-state index contributed by atoms with van der Waals surface area (Å²) in [5.41, 5.74) is 1.05. The van der Waals surface area contributed by atoms with E-state index in [1.54, 1.807) is 4.90 Å². The van der Waals surface area contributed by atoms with Crippen molar-refractivity contribution >= 4 is 40.7 Å². The van der Waals surface area contributed by atoms with E-state index in [-0.39, 0.29) is 17.2 Å². The largest absolute Gasteiger partial charge is 0.335 e. The van der Waals surface area contributed by atoms with E-state index in [4.69, 9.17) is 34.8 Å². The fourth-order valence-corrected chi connectivity index (χ4v) is 3.33. The van der Waals surface area contributed by atoms with E-state index in [0.29, 0.717) is 13.1 Å². The molecule has 1 fully saturated rings. The van der Waals surface area contributed by atoms with Gasteiger partial charge in [-0.15, -0.1) is 11.6 Å². The molecule has 0 radical (unpaired) electrons. The van der Waals surface area contributed by atoms with Crippen molar-refractivity contribution in [1.29, 1.82) is 0 Å². The molecule has 0 spiro atoms. The maximum absolute atomic E-state index is 12.1.